The number of aryl methyl sites for hydroxylation is 2. The Kier molecular flexibility index (Phi) is 3.03. The Labute approximate surface area is 127 Å². The molecule has 106 valence electrons. The Balaban J connectivity index is 1.84. The summed E-state index contributed by atoms with van der Waals surface area (Å²) in [6, 6.07) is 3.95. The largest absolute Gasteiger partial charge is 0.262 e. The molecule has 0 N–H and O–H groups in total. The Bertz CT molecular complexity index is 775. The summed E-state index contributed by atoms with van der Waals surface area (Å²) in [6.07, 6.45) is 11.8. The fraction of sp³-hybridized carbons (Fsp3) is 0.267. The summed E-state index contributed by atoms with van der Waals surface area (Å²) in [5.41, 5.74) is 5.88. The Hall–Kier alpha value is -2.08. The molecule has 0 aromatic carbocycles. The summed E-state index contributed by atoms with van der Waals surface area (Å²) in [6.45, 7) is 0. The average Bonchev–Trinajstić information content (AvgIpc) is 3.12. The molecule has 3 aromatic rings. The standard InChI is InChI=1S/C15H15N5S/c1-21-10-20-15-11(7-17-20)4-5-14-13(15)9-19(18-14)12-3-2-6-16-8-12/h2-3,6-9H,4-5,10H2,1H3. The van der Waals surface area contributed by atoms with E-state index in [-0.39, 0.29) is 0 Å². The quantitative estimate of drug-likeness (QED) is 0.745. The van der Waals surface area contributed by atoms with Gasteiger partial charge in [-0.1, -0.05) is 0 Å². The smallest absolute Gasteiger partial charge is 0.0867 e. The van der Waals surface area contributed by atoms with E-state index in [2.05, 4.69) is 27.2 Å². The van der Waals surface area contributed by atoms with E-state index in [1.54, 1.807) is 18.0 Å². The number of rotatable bonds is 3. The summed E-state index contributed by atoms with van der Waals surface area (Å²) in [5, 5.41) is 9.24. The molecule has 0 aliphatic heterocycles. The molecule has 21 heavy (non-hydrogen) atoms. The van der Waals surface area contributed by atoms with E-state index in [4.69, 9.17) is 5.10 Å². The minimum atomic E-state index is 0.868. The van der Waals surface area contributed by atoms with E-state index < -0.39 is 0 Å². The van der Waals surface area contributed by atoms with Crippen molar-refractivity contribution in [3.8, 4) is 16.9 Å². The van der Waals surface area contributed by atoms with Crippen molar-refractivity contribution in [2.75, 3.05) is 6.26 Å². The first-order chi connectivity index (χ1) is 10.4. The van der Waals surface area contributed by atoms with Crippen molar-refractivity contribution in [1.29, 1.82) is 0 Å². The predicted octanol–water partition coefficient (Wildman–Crippen LogP) is 2.55. The summed E-state index contributed by atoms with van der Waals surface area (Å²) < 4.78 is 4.00. The number of nitrogens with zero attached hydrogens (tertiary/aromatic N) is 5. The molecule has 1 aliphatic rings. The molecule has 0 amide bonds. The molecule has 0 spiro atoms. The third kappa shape index (κ3) is 2.06. The molecule has 0 fully saturated rings. The summed E-state index contributed by atoms with van der Waals surface area (Å²) in [4.78, 5) is 4.17. The zero-order valence-electron chi connectivity index (χ0n) is 11.7. The fourth-order valence-electron chi connectivity index (χ4n) is 2.81. The first-order valence-corrected chi connectivity index (χ1v) is 8.29. The Morgan fingerprint density at radius 2 is 2.24 bits per heavy atom. The van der Waals surface area contributed by atoms with Crippen LogP contribution in [0.3, 0.4) is 0 Å². The minimum absolute atomic E-state index is 0.868. The minimum Gasteiger partial charge on any atom is -0.262 e. The van der Waals surface area contributed by atoms with E-state index in [0.717, 1.165) is 30.1 Å². The monoisotopic (exact) mass is 297 g/mol. The molecule has 0 radical (unpaired) electrons. The van der Waals surface area contributed by atoms with Crippen molar-refractivity contribution in [1.82, 2.24) is 24.5 Å². The lowest BCUT2D eigenvalue weighted by Crippen LogP contribution is -2.06. The lowest BCUT2D eigenvalue weighted by molar-refractivity contribution is 0.754. The molecule has 0 atom stereocenters. The van der Waals surface area contributed by atoms with Gasteiger partial charge < -0.3 is 0 Å². The molecule has 3 aromatic heterocycles. The Morgan fingerprint density at radius 3 is 3.05 bits per heavy atom. The normalized spacial score (nSPS) is 13.0. The second kappa shape index (κ2) is 5.04. The maximum Gasteiger partial charge on any atom is 0.0867 e. The van der Waals surface area contributed by atoms with E-state index >= 15 is 0 Å². The first kappa shape index (κ1) is 12.6. The van der Waals surface area contributed by atoms with Crippen molar-refractivity contribution in [3.63, 3.8) is 0 Å². The molecule has 3 heterocycles. The van der Waals surface area contributed by atoms with Crippen molar-refractivity contribution >= 4 is 11.8 Å². The SMILES string of the molecule is CSCn1ncc2c1-c1cn(-c3cccnc3)nc1CC2. The zero-order valence-corrected chi connectivity index (χ0v) is 12.5. The van der Waals surface area contributed by atoms with Crippen LogP contribution in [0.15, 0.2) is 36.9 Å². The third-order valence-electron chi connectivity index (χ3n) is 3.75. The van der Waals surface area contributed by atoms with Crippen LogP contribution < -0.4 is 0 Å². The van der Waals surface area contributed by atoms with Gasteiger partial charge in [-0.2, -0.15) is 10.2 Å². The maximum atomic E-state index is 4.73. The second-order valence-electron chi connectivity index (χ2n) is 5.08. The number of fused-ring (bicyclic) bond motifs is 3. The van der Waals surface area contributed by atoms with Crippen LogP contribution in [-0.2, 0) is 18.7 Å². The maximum absolute atomic E-state index is 4.73. The zero-order chi connectivity index (χ0) is 14.2. The van der Waals surface area contributed by atoms with Crippen LogP contribution >= 0.6 is 11.8 Å². The molecule has 5 nitrogen and oxygen atoms in total. The Morgan fingerprint density at radius 1 is 1.29 bits per heavy atom. The molecule has 0 saturated carbocycles. The van der Waals surface area contributed by atoms with Crippen molar-refractivity contribution in [2.45, 2.75) is 18.7 Å². The fourth-order valence-corrected chi connectivity index (χ4v) is 3.25. The van der Waals surface area contributed by atoms with Crippen LogP contribution in [0.5, 0.6) is 0 Å². The van der Waals surface area contributed by atoms with Gasteiger partial charge in [-0.25, -0.2) is 4.68 Å². The van der Waals surface area contributed by atoms with Gasteiger partial charge >= 0.3 is 0 Å². The van der Waals surface area contributed by atoms with Gasteiger partial charge in [-0.15, -0.1) is 11.8 Å². The molecule has 1 aliphatic carbocycles. The van der Waals surface area contributed by atoms with Gasteiger partial charge in [0.1, 0.15) is 0 Å². The van der Waals surface area contributed by atoms with Crippen molar-refractivity contribution in [2.24, 2.45) is 0 Å². The molecule has 0 saturated heterocycles. The van der Waals surface area contributed by atoms with Crippen LogP contribution in [-0.4, -0.2) is 30.8 Å². The number of thioether (sulfide) groups is 1. The summed E-state index contributed by atoms with van der Waals surface area (Å²) in [7, 11) is 0. The molecular formula is C15H15N5S. The number of pyridine rings is 1. The number of hydrogen-bond acceptors (Lipinski definition) is 4. The topological polar surface area (TPSA) is 48.5 Å². The van der Waals surface area contributed by atoms with Crippen LogP contribution in [0.4, 0.5) is 0 Å². The summed E-state index contributed by atoms with van der Waals surface area (Å²) in [5.74, 6) is 0.868. The van der Waals surface area contributed by atoms with Gasteiger partial charge in [0.25, 0.3) is 0 Å². The molecule has 0 bridgehead atoms. The molecule has 0 unspecified atom stereocenters. The van der Waals surface area contributed by atoms with Gasteiger partial charge in [0.15, 0.2) is 0 Å². The van der Waals surface area contributed by atoms with Crippen molar-refractivity contribution < 1.29 is 0 Å². The van der Waals surface area contributed by atoms with E-state index in [1.165, 1.54) is 16.8 Å². The average molecular weight is 297 g/mol. The highest BCUT2D eigenvalue weighted by Gasteiger charge is 2.24. The second-order valence-corrected chi connectivity index (χ2v) is 5.92. The first-order valence-electron chi connectivity index (χ1n) is 6.90. The number of aromatic nitrogens is 5. The van der Waals surface area contributed by atoms with Gasteiger partial charge in [0.05, 0.1) is 35.3 Å². The van der Waals surface area contributed by atoms with Gasteiger partial charge in [0.2, 0.25) is 0 Å². The predicted molar refractivity (Wildman–Crippen MR) is 83.5 cm³/mol. The van der Waals surface area contributed by atoms with Crippen LogP contribution in [0.2, 0.25) is 0 Å². The highest BCUT2D eigenvalue weighted by molar-refractivity contribution is 7.97. The van der Waals surface area contributed by atoms with E-state index in [9.17, 15) is 0 Å². The van der Waals surface area contributed by atoms with Crippen LogP contribution in [0, 0.1) is 0 Å². The van der Waals surface area contributed by atoms with Crippen LogP contribution in [0.1, 0.15) is 11.3 Å². The highest BCUT2D eigenvalue weighted by atomic mass is 32.2. The number of hydrogen-bond donors (Lipinski definition) is 0. The van der Waals surface area contributed by atoms with Gasteiger partial charge in [0, 0.05) is 18.0 Å². The summed E-state index contributed by atoms with van der Waals surface area (Å²) >= 11 is 1.77. The van der Waals surface area contributed by atoms with E-state index in [0.29, 0.717) is 0 Å². The lowest BCUT2D eigenvalue weighted by atomic mass is 9.96. The van der Waals surface area contributed by atoms with E-state index in [1.807, 2.05) is 29.2 Å². The van der Waals surface area contributed by atoms with Gasteiger partial charge in [-0.05, 0) is 36.8 Å². The van der Waals surface area contributed by atoms with Crippen LogP contribution in [0.25, 0.3) is 16.9 Å². The lowest BCUT2D eigenvalue weighted by Gasteiger charge is -2.12. The third-order valence-corrected chi connectivity index (χ3v) is 4.26. The van der Waals surface area contributed by atoms with Gasteiger partial charge in [-0.3, -0.25) is 9.67 Å². The molecule has 6 heteroatoms. The van der Waals surface area contributed by atoms with Crippen molar-refractivity contribution in [3.05, 3.63) is 48.2 Å². The molecular weight excluding hydrogens is 282 g/mol. The molecule has 4 rings (SSSR count). The highest BCUT2D eigenvalue weighted by Crippen LogP contribution is 2.33.